The van der Waals surface area contributed by atoms with Gasteiger partial charge in [0.25, 0.3) is 5.91 Å². The molecule has 0 atom stereocenters. The van der Waals surface area contributed by atoms with Crippen molar-refractivity contribution in [1.82, 2.24) is 14.8 Å². The molecule has 1 aliphatic rings. The van der Waals surface area contributed by atoms with Gasteiger partial charge in [-0.1, -0.05) is 0 Å². The van der Waals surface area contributed by atoms with E-state index in [-0.39, 0.29) is 5.91 Å². The molecule has 1 aliphatic heterocycles. The summed E-state index contributed by atoms with van der Waals surface area (Å²) in [5.74, 6) is -0.197. The van der Waals surface area contributed by atoms with Gasteiger partial charge in [0.1, 0.15) is 0 Å². The number of carbonyl (C=O) groups excluding carboxylic acids is 1. The Morgan fingerprint density at radius 3 is 2.94 bits per heavy atom. The summed E-state index contributed by atoms with van der Waals surface area (Å²) >= 11 is 0. The lowest BCUT2D eigenvalue weighted by molar-refractivity contribution is -0.0774. The van der Waals surface area contributed by atoms with Gasteiger partial charge in [0.05, 0.1) is 24.5 Å². The van der Waals surface area contributed by atoms with Crippen molar-refractivity contribution in [2.75, 3.05) is 18.9 Å². The molecule has 1 fully saturated rings. The van der Waals surface area contributed by atoms with E-state index in [9.17, 15) is 4.79 Å². The second-order valence-corrected chi connectivity index (χ2v) is 3.76. The Kier molecular flexibility index (Phi) is 2.82. The van der Waals surface area contributed by atoms with Crippen molar-refractivity contribution in [3.63, 3.8) is 0 Å². The smallest absolute Gasteiger partial charge is 0.297 e. The molecular formula is C10H16N4O2. The molecule has 16 heavy (non-hydrogen) atoms. The molecule has 1 aromatic rings. The Hall–Kier alpha value is -1.56. The summed E-state index contributed by atoms with van der Waals surface area (Å²) in [7, 11) is 0. The number of carbonyl (C=O) groups is 1. The van der Waals surface area contributed by atoms with Crippen LogP contribution in [0, 0.1) is 6.92 Å². The summed E-state index contributed by atoms with van der Waals surface area (Å²) in [6.45, 7) is 5.54. The highest BCUT2D eigenvalue weighted by molar-refractivity contribution is 5.97. The Balaban J connectivity index is 2.34. The number of aromatic nitrogens is 2. The molecule has 6 heteroatoms. The Morgan fingerprint density at radius 2 is 2.38 bits per heavy atom. The third-order valence-corrected chi connectivity index (χ3v) is 2.66. The maximum atomic E-state index is 12.1. The van der Waals surface area contributed by atoms with Gasteiger partial charge in [0.15, 0.2) is 5.69 Å². The van der Waals surface area contributed by atoms with Crippen LogP contribution < -0.4 is 5.73 Å². The zero-order chi connectivity index (χ0) is 11.7. The first kappa shape index (κ1) is 10.9. The topological polar surface area (TPSA) is 73.4 Å². The van der Waals surface area contributed by atoms with Crippen LogP contribution in [0.2, 0.25) is 0 Å². The Labute approximate surface area is 93.9 Å². The lowest BCUT2D eigenvalue weighted by Gasteiger charge is -2.14. The van der Waals surface area contributed by atoms with E-state index in [4.69, 9.17) is 10.6 Å². The van der Waals surface area contributed by atoms with Crippen LogP contribution in [-0.4, -0.2) is 33.9 Å². The highest BCUT2D eigenvalue weighted by Crippen LogP contribution is 2.20. The summed E-state index contributed by atoms with van der Waals surface area (Å²) in [4.78, 5) is 17.3. The molecule has 0 aliphatic carbocycles. The second-order valence-electron chi connectivity index (χ2n) is 3.76. The second kappa shape index (κ2) is 4.13. The summed E-state index contributed by atoms with van der Waals surface area (Å²) in [5, 5.41) is 5.57. The maximum absolute atomic E-state index is 12.1. The molecule has 2 heterocycles. The molecule has 0 bridgehead atoms. The van der Waals surface area contributed by atoms with Crippen molar-refractivity contribution in [3.05, 3.63) is 11.4 Å². The van der Waals surface area contributed by atoms with E-state index in [0.29, 0.717) is 36.8 Å². The highest BCUT2D eigenvalue weighted by Gasteiger charge is 2.27. The van der Waals surface area contributed by atoms with E-state index < -0.39 is 0 Å². The number of amides is 1. The first-order valence-electron chi connectivity index (χ1n) is 5.42. The van der Waals surface area contributed by atoms with Gasteiger partial charge >= 0.3 is 0 Å². The first-order chi connectivity index (χ1) is 7.65. The zero-order valence-electron chi connectivity index (χ0n) is 9.56. The van der Waals surface area contributed by atoms with E-state index in [2.05, 4.69) is 5.10 Å². The third-order valence-electron chi connectivity index (χ3n) is 2.66. The quantitative estimate of drug-likeness (QED) is 0.797. The van der Waals surface area contributed by atoms with Gasteiger partial charge in [-0.3, -0.25) is 14.3 Å². The number of rotatable bonds is 2. The predicted molar refractivity (Wildman–Crippen MR) is 58.7 cm³/mol. The summed E-state index contributed by atoms with van der Waals surface area (Å²) in [6, 6.07) is 0. The number of aryl methyl sites for hydroxylation is 2. The van der Waals surface area contributed by atoms with Gasteiger partial charge in [0, 0.05) is 6.54 Å². The average Bonchev–Trinajstić information content (AvgIpc) is 2.88. The van der Waals surface area contributed by atoms with Gasteiger partial charge in [0.2, 0.25) is 0 Å². The normalized spacial score (nSPS) is 15.8. The molecule has 88 valence electrons. The monoisotopic (exact) mass is 224 g/mol. The van der Waals surface area contributed by atoms with E-state index in [1.54, 1.807) is 11.6 Å². The standard InChI is InChI=1S/C10H16N4O2/c1-3-13-9(8(11)7(2)12-13)10(15)14-5-4-6-16-14/h3-6,11H2,1-2H3. The molecule has 0 saturated carbocycles. The minimum absolute atomic E-state index is 0.197. The molecule has 1 aromatic heterocycles. The van der Waals surface area contributed by atoms with E-state index in [1.807, 2.05) is 6.92 Å². The lowest BCUT2D eigenvalue weighted by Crippen LogP contribution is -2.29. The fraction of sp³-hybridized carbons (Fsp3) is 0.600. The van der Waals surface area contributed by atoms with Gasteiger partial charge in [-0.2, -0.15) is 5.10 Å². The molecule has 0 unspecified atom stereocenters. The summed E-state index contributed by atoms with van der Waals surface area (Å²) < 4.78 is 1.62. The van der Waals surface area contributed by atoms with Crippen molar-refractivity contribution in [3.8, 4) is 0 Å². The van der Waals surface area contributed by atoms with Crippen LogP contribution in [0.3, 0.4) is 0 Å². The third kappa shape index (κ3) is 1.65. The Bertz CT molecular complexity index is 407. The highest BCUT2D eigenvalue weighted by atomic mass is 16.7. The number of hydroxylamine groups is 2. The SMILES string of the molecule is CCn1nc(C)c(N)c1C(=O)N1CCCO1. The molecular weight excluding hydrogens is 208 g/mol. The molecule has 6 nitrogen and oxygen atoms in total. The van der Waals surface area contributed by atoms with Crippen molar-refractivity contribution in [1.29, 1.82) is 0 Å². The number of hydrogen-bond donors (Lipinski definition) is 1. The van der Waals surface area contributed by atoms with Crippen LogP contribution in [0.4, 0.5) is 5.69 Å². The van der Waals surface area contributed by atoms with Crippen LogP contribution in [0.25, 0.3) is 0 Å². The molecule has 0 radical (unpaired) electrons. The molecule has 2 rings (SSSR count). The largest absolute Gasteiger partial charge is 0.395 e. The van der Waals surface area contributed by atoms with Gasteiger partial charge in [-0.15, -0.1) is 0 Å². The first-order valence-corrected chi connectivity index (χ1v) is 5.42. The molecule has 0 aromatic carbocycles. The van der Waals surface area contributed by atoms with Gasteiger partial charge in [-0.05, 0) is 20.3 Å². The minimum atomic E-state index is -0.197. The summed E-state index contributed by atoms with van der Waals surface area (Å²) in [5.41, 5.74) is 7.42. The van der Waals surface area contributed by atoms with Crippen LogP contribution in [0.5, 0.6) is 0 Å². The van der Waals surface area contributed by atoms with Crippen LogP contribution in [-0.2, 0) is 11.4 Å². The number of nitrogen functional groups attached to an aromatic ring is 1. The summed E-state index contributed by atoms with van der Waals surface area (Å²) in [6.07, 6.45) is 0.866. The zero-order valence-corrected chi connectivity index (χ0v) is 9.56. The fourth-order valence-electron chi connectivity index (χ4n) is 1.78. The van der Waals surface area contributed by atoms with E-state index in [1.165, 1.54) is 5.06 Å². The molecule has 2 N–H and O–H groups in total. The number of hydrogen-bond acceptors (Lipinski definition) is 4. The fourth-order valence-corrected chi connectivity index (χ4v) is 1.78. The number of anilines is 1. The minimum Gasteiger partial charge on any atom is -0.395 e. The van der Waals surface area contributed by atoms with Crippen LogP contribution in [0.15, 0.2) is 0 Å². The molecule has 0 spiro atoms. The Morgan fingerprint density at radius 1 is 1.62 bits per heavy atom. The van der Waals surface area contributed by atoms with Gasteiger partial charge in [-0.25, -0.2) is 5.06 Å². The van der Waals surface area contributed by atoms with Crippen molar-refractivity contribution < 1.29 is 9.63 Å². The van der Waals surface area contributed by atoms with Crippen molar-refractivity contribution in [2.24, 2.45) is 0 Å². The predicted octanol–water partition coefficient (Wildman–Crippen LogP) is 0.571. The average molecular weight is 224 g/mol. The van der Waals surface area contributed by atoms with Crippen LogP contribution in [0.1, 0.15) is 29.5 Å². The van der Waals surface area contributed by atoms with E-state index >= 15 is 0 Å². The van der Waals surface area contributed by atoms with Crippen molar-refractivity contribution >= 4 is 11.6 Å². The molecule has 1 amide bonds. The number of nitrogens with two attached hydrogens (primary N) is 1. The van der Waals surface area contributed by atoms with Gasteiger partial charge < -0.3 is 5.73 Å². The van der Waals surface area contributed by atoms with Crippen LogP contribution >= 0.6 is 0 Å². The van der Waals surface area contributed by atoms with E-state index in [0.717, 1.165) is 6.42 Å². The molecule has 1 saturated heterocycles. The lowest BCUT2D eigenvalue weighted by atomic mass is 10.3. The maximum Gasteiger partial charge on any atom is 0.297 e. The number of nitrogens with zero attached hydrogens (tertiary/aromatic N) is 3. The van der Waals surface area contributed by atoms with Crippen molar-refractivity contribution in [2.45, 2.75) is 26.8 Å².